The second-order valence-corrected chi connectivity index (χ2v) is 12.7. The first-order valence-electron chi connectivity index (χ1n) is 15.6. The average molecular weight is 526 g/mol. The van der Waals surface area contributed by atoms with Crippen molar-refractivity contribution in [2.45, 2.75) is 174 Å². The first-order valence-corrected chi connectivity index (χ1v) is 15.6. The van der Waals surface area contributed by atoms with Crippen LogP contribution in [0.2, 0.25) is 0 Å². The first kappa shape index (κ1) is 32.4. The lowest BCUT2D eigenvalue weighted by atomic mass is 10.0. The van der Waals surface area contributed by atoms with Crippen molar-refractivity contribution in [3.05, 3.63) is 0 Å². The Morgan fingerprint density at radius 3 is 1.78 bits per heavy atom. The Labute approximate surface area is 228 Å². The van der Waals surface area contributed by atoms with Gasteiger partial charge < -0.3 is 18.9 Å². The number of likely N-dealkylation sites (tertiary alicyclic amines) is 1. The Hall–Kier alpha value is -0.850. The molecule has 2 rings (SSSR count). The normalized spacial score (nSPS) is 23.0. The zero-order valence-electron chi connectivity index (χ0n) is 25.2. The molecular formula is C31H59NO5. The van der Waals surface area contributed by atoms with E-state index < -0.39 is 11.4 Å². The summed E-state index contributed by atoms with van der Waals surface area (Å²) in [5, 5.41) is 0. The number of unbranched alkanes of at least 4 members (excludes halogenated alkanes) is 15. The van der Waals surface area contributed by atoms with E-state index in [0.29, 0.717) is 13.2 Å². The molecule has 0 unspecified atom stereocenters. The van der Waals surface area contributed by atoms with E-state index in [4.69, 9.17) is 18.9 Å². The molecule has 3 atom stereocenters. The van der Waals surface area contributed by atoms with E-state index in [9.17, 15) is 4.79 Å². The van der Waals surface area contributed by atoms with Crippen molar-refractivity contribution < 1.29 is 23.7 Å². The number of nitrogens with zero attached hydrogens (tertiary/aromatic N) is 1. The number of hydrogen-bond donors (Lipinski definition) is 0. The van der Waals surface area contributed by atoms with Crippen molar-refractivity contribution in [2.24, 2.45) is 0 Å². The number of ether oxygens (including phenoxy) is 4. The van der Waals surface area contributed by atoms with E-state index in [1.54, 1.807) is 4.90 Å². The molecule has 0 aliphatic carbocycles. The summed E-state index contributed by atoms with van der Waals surface area (Å²) in [7, 11) is 0. The molecule has 0 aromatic carbocycles. The van der Waals surface area contributed by atoms with Gasteiger partial charge in [-0.15, -0.1) is 0 Å². The van der Waals surface area contributed by atoms with Gasteiger partial charge >= 0.3 is 6.09 Å². The van der Waals surface area contributed by atoms with Crippen LogP contribution >= 0.6 is 0 Å². The van der Waals surface area contributed by atoms with Gasteiger partial charge in [0.25, 0.3) is 0 Å². The Morgan fingerprint density at radius 2 is 1.30 bits per heavy atom. The third-order valence-electron chi connectivity index (χ3n) is 7.44. The maximum atomic E-state index is 12.8. The Kier molecular flexibility index (Phi) is 14.8. The maximum absolute atomic E-state index is 12.8. The van der Waals surface area contributed by atoms with Crippen LogP contribution < -0.4 is 0 Å². The van der Waals surface area contributed by atoms with Crippen LogP contribution in [0.3, 0.4) is 0 Å². The third-order valence-corrected chi connectivity index (χ3v) is 7.44. The van der Waals surface area contributed by atoms with Crippen LogP contribution in [-0.2, 0) is 18.9 Å². The largest absolute Gasteiger partial charge is 0.444 e. The van der Waals surface area contributed by atoms with E-state index in [0.717, 1.165) is 13.0 Å². The van der Waals surface area contributed by atoms with Gasteiger partial charge in [0.1, 0.15) is 17.8 Å². The van der Waals surface area contributed by atoms with Crippen molar-refractivity contribution in [2.75, 3.05) is 19.8 Å². The molecule has 0 radical (unpaired) electrons. The smallest absolute Gasteiger partial charge is 0.410 e. The van der Waals surface area contributed by atoms with Crippen LogP contribution in [0.1, 0.15) is 144 Å². The number of hydrogen-bond acceptors (Lipinski definition) is 5. The van der Waals surface area contributed by atoms with Crippen molar-refractivity contribution in [1.29, 1.82) is 0 Å². The summed E-state index contributed by atoms with van der Waals surface area (Å²) in [5.41, 5.74) is -0.533. The van der Waals surface area contributed by atoms with Crippen LogP contribution in [0.5, 0.6) is 0 Å². The molecule has 1 amide bonds. The summed E-state index contributed by atoms with van der Waals surface area (Å²) in [6.45, 7) is 13.5. The average Bonchev–Trinajstić information content (AvgIpc) is 3.29. The highest BCUT2D eigenvalue weighted by molar-refractivity contribution is 5.69. The van der Waals surface area contributed by atoms with Gasteiger partial charge in [0.05, 0.1) is 19.2 Å². The molecule has 0 N–H and O–H groups in total. The van der Waals surface area contributed by atoms with E-state index in [1.165, 1.54) is 96.3 Å². The molecule has 2 saturated heterocycles. The Morgan fingerprint density at radius 1 is 0.811 bits per heavy atom. The predicted octanol–water partition coefficient (Wildman–Crippen LogP) is 8.40. The molecule has 2 fully saturated rings. The number of fused-ring (bicyclic) bond motifs is 1. The lowest BCUT2D eigenvalue weighted by molar-refractivity contribution is -0.163. The fourth-order valence-electron chi connectivity index (χ4n) is 5.51. The first-order chi connectivity index (χ1) is 17.6. The van der Waals surface area contributed by atoms with Crippen LogP contribution in [0, 0.1) is 0 Å². The molecule has 0 bridgehead atoms. The SMILES string of the molecule is CCCCCCCCCCCCCCCCCCOC[C@@H]1[C@H]2OC(C)(C)O[C@H]2CN1C(=O)OC(C)(C)C. The maximum Gasteiger partial charge on any atom is 0.410 e. The van der Waals surface area contributed by atoms with Crippen LogP contribution in [-0.4, -0.2) is 60.4 Å². The summed E-state index contributed by atoms with van der Waals surface area (Å²) in [6.07, 6.45) is 21.2. The van der Waals surface area contributed by atoms with Crippen LogP contribution in [0.4, 0.5) is 4.79 Å². The fourth-order valence-corrected chi connectivity index (χ4v) is 5.51. The number of carbonyl (C=O) groups is 1. The summed E-state index contributed by atoms with van der Waals surface area (Å²) >= 11 is 0. The Bertz CT molecular complexity index is 617. The minimum absolute atomic E-state index is 0.133. The third kappa shape index (κ3) is 13.2. The summed E-state index contributed by atoms with van der Waals surface area (Å²) in [6, 6.07) is -0.178. The summed E-state index contributed by atoms with van der Waals surface area (Å²) < 4.78 is 23.8. The molecule has 6 nitrogen and oxygen atoms in total. The molecule has 0 spiro atoms. The van der Waals surface area contributed by atoms with Crippen molar-refractivity contribution >= 4 is 6.09 Å². The number of carbonyl (C=O) groups excluding carboxylic acids is 1. The molecule has 0 aromatic heterocycles. The molecule has 37 heavy (non-hydrogen) atoms. The quantitative estimate of drug-likeness (QED) is 0.158. The van der Waals surface area contributed by atoms with Gasteiger partial charge in [0.15, 0.2) is 5.79 Å². The molecule has 0 saturated carbocycles. The number of rotatable bonds is 19. The summed E-state index contributed by atoms with van der Waals surface area (Å²) in [5.74, 6) is -0.624. The van der Waals surface area contributed by atoms with E-state index in [2.05, 4.69) is 6.92 Å². The van der Waals surface area contributed by atoms with Gasteiger partial charge in [-0.05, 0) is 41.0 Å². The lowest BCUT2D eigenvalue weighted by Crippen LogP contribution is -2.46. The zero-order chi connectivity index (χ0) is 27.2. The second kappa shape index (κ2) is 17.0. The van der Waals surface area contributed by atoms with Gasteiger partial charge in [0.2, 0.25) is 0 Å². The fraction of sp³-hybridized carbons (Fsp3) is 0.968. The predicted molar refractivity (Wildman–Crippen MR) is 151 cm³/mol. The molecular weight excluding hydrogens is 466 g/mol. The van der Waals surface area contributed by atoms with Crippen LogP contribution in [0.15, 0.2) is 0 Å². The highest BCUT2D eigenvalue weighted by Gasteiger charge is 2.54. The Balaban J connectivity index is 1.49. The van der Waals surface area contributed by atoms with Gasteiger partial charge in [-0.3, -0.25) is 4.90 Å². The molecule has 0 aromatic rings. The highest BCUT2D eigenvalue weighted by Crippen LogP contribution is 2.37. The minimum Gasteiger partial charge on any atom is -0.444 e. The summed E-state index contributed by atoms with van der Waals surface area (Å²) in [4.78, 5) is 14.5. The van der Waals surface area contributed by atoms with E-state index in [-0.39, 0.29) is 24.3 Å². The zero-order valence-corrected chi connectivity index (χ0v) is 25.2. The lowest BCUT2D eigenvalue weighted by Gasteiger charge is -2.31. The van der Waals surface area contributed by atoms with E-state index in [1.807, 2.05) is 34.6 Å². The van der Waals surface area contributed by atoms with Crippen molar-refractivity contribution in [3.8, 4) is 0 Å². The second-order valence-electron chi connectivity index (χ2n) is 12.7. The highest BCUT2D eigenvalue weighted by atomic mass is 16.8. The van der Waals surface area contributed by atoms with E-state index >= 15 is 0 Å². The monoisotopic (exact) mass is 525 g/mol. The molecule has 2 heterocycles. The topological polar surface area (TPSA) is 57.2 Å². The van der Waals surface area contributed by atoms with Gasteiger partial charge in [-0.1, -0.05) is 103 Å². The van der Waals surface area contributed by atoms with Crippen LogP contribution in [0.25, 0.3) is 0 Å². The molecule has 218 valence electrons. The molecule has 6 heteroatoms. The number of amides is 1. The van der Waals surface area contributed by atoms with Crippen molar-refractivity contribution in [3.63, 3.8) is 0 Å². The standard InChI is InChI=1S/C31H59NO5/c1-7-8-9-10-11-12-13-14-15-16-17-18-19-20-21-22-23-34-25-26-28-27(35-31(5,6)36-28)24-32(26)29(33)37-30(2,3)4/h26-28H,7-25H2,1-6H3/t26-,27+,28-/m1/s1. The van der Waals surface area contributed by atoms with Gasteiger partial charge in [-0.25, -0.2) is 4.79 Å². The molecule has 2 aliphatic heterocycles. The van der Waals surface area contributed by atoms with Gasteiger partial charge in [0, 0.05) is 6.61 Å². The molecule has 2 aliphatic rings. The van der Waals surface area contributed by atoms with Gasteiger partial charge in [-0.2, -0.15) is 0 Å². The minimum atomic E-state index is -0.624. The van der Waals surface area contributed by atoms with Crippen molar-refractivity contribution in [1.82, 2.24) is 4.90 Å².